The lowest BCUT2D eigenvalue weighted by Crippen LogP contribution is -2.58. The first-order chi connectivity index (χ1) is 19.9. The lowest BCUT2D eigenvalue weighted by atomic mass is 9.88. The highest BCUT2D eigenvalue weighted by atomic mass is 19.4. The molecule has 14 heteroatoms. The zero-order valence-corrected chi connectivity index (χ0v) is 24.8. The van der Waals surface area contributed by atoms with E-state index in [1.807, 2.05) is 24.6 Å². The van der Waals surface area contributed by atoms with E-state index < -0.39 is 53.9 Å². The average Bonchev–Trinajstić information content (AvgIpc) is 3.33. The second kappa shape index (κ2) is 13.5. The predicted molar refractivity (Wildman–Crippen MR) is 145 cm³/mol. The Labute approximate surface area is 246 Å². The monoisotopic (exact) mass is 620 g/mol. The topological polar surface area (TPSA) is 85.7 Å². The van der Waals surface area contributed by atoms with Gasteiger partial charge in [0.15, 0.2) is 0 Å². The van der Waals surface area contributed by atoms with Crippen LogP contribution in [0.25, 0.3) is 0 Å². The predicted octanol–water partition coefficient (Wildman–Crippen LogP) is 7.00. The van der Waals surface area contributed by atoms with Gasteiger partial charge in [0.05, 0.1) is 17.7 Å². The van der Waals surface area contributed by atoms with Crippen LogP contribution >= 0.6 is 0 Å². The van der Waals surface area contributed by atoms with E-state index in [-0.39, 0.29) is 30.1 Å². The van der Waals surface area contributed by atoms with E-state index in [2.05, 4.69) is 10.4 Å². The second-order valence-electron chi connectivity index (χ2n) is 11.6. The number of halogens is 6. The van der Waals surface area contributed by atoms with Crippen molar-refractivity contribution in [1.82, 2.24) is 20.0 Å². The number of nitrogens with zero attached hydrogens (tertiary/aromatic N) is 3. The maximum atomic E-state index is 13.3. The summed E-state index contributed by atoms with van der Waals surface area (Å²) in [7, 11) is 0. The molecule has 2 aromatic rings. The van der Waals surface area contributed by atoms with Gasteiger partial charge in [-0.05, 0) is 76.8 Å². The van der Waals surface area contributed by atoms with Gasteiger partial charge in [-0.25, -0.2) is 9.59 Å². The van der Waals surface area contributed by atoms with Gasteiger partial charge in [0.2, 0.25) is 0 Å². The fraction of sp³-hybridized carbons (Fsp3) is 0.621. The normalized spacial score (nSPS) is 19.7. The molecule has 43 heavy (non-hydrogen) atoms. The van der Waals surface area contributed by atoms with Crippen molar-refractivity contribution >= 4 is 12.2 Å². The number of carbonyl (C=O) groups is 2. The van der Waals surface area contributed by atoms with Crippen LogP contribution in [0.15, 0.2) is 30.5 Å². The Bertz CT molecular complexity index is 1220. The number of hydrogen-bond acceptors (Lipinski definition) is 5. The van der Waals surface area contributed by atoms with E-state index in [0.29, 0.717) is 44.4 Å². The standard InChI is InChI=1S/C29H38F6N4O4/c1-6-22-15-21(16-24(17-23-8-10-36-38(23)7-2)39(22)26(41)43-27(3,4)5)37-25(40)42-11-9-18-12-19(28(30,31)32)14-20(13-18)29(33,34)35/h8,10,12-14,21-22,24H,6-7,9,11,15-17H2,1-5H3,(H,37,40). The number of alkyl halides is 6. The Morgan fingerprint density at radius 1 is 0.977 bits per heavy atom. The SMILES string of the molecule is CCC1CC(NC(=O)OCCc2cc(C(F)(F)F)cc(C(F)(F)F)c2)CC(Cc2ccnn2CC)N1C(=O)OC(C)(C)C. The molecule has 1 aliphatic rings. The van der Waals surface area contributed by atoms with E-state index in [0.717, 1.165) is 5.69 Å². The number of likely N-dealkylation sites (tertiary alicyclic amines) is 1. The van der Waals surface area contributed by atoms with Crippen molar-refractivity contribution in [2.45, 2.75) is 109 Å². The molecular formula is C29H38F6N4O4. The molecule has 3 atom stereocenters. The number of piperidine rings is 1. The minimum absolute atomic E-state index is 0.0503. The first-order valence-electron chi connectivity index (χ1n) is 14.1. The number of nitrogens with one attached hydrogen (secondary N) is 1. The number of alkyl carbamates (subject to hydrolysis) is 1. The lowest BCUT2D eigenvalue weighted by Gasteiger charge is -2.45. The summed E-state index contributed by atoms with van der Waals surface area (Å²) in [6, 6.07) is 2.09. The van der Waals surface area contributed by atoms with Crippen LogP contribution in [0.4, 0.5) is 35.9 Å². The van der Waals surface area contributed by atoms with E-state index in [1.165, 1.54) is 0 Å². The molecule has 0 aliphatic carbocycles. The average molecular weight is 621 g/mol. The van der Waals surface area contributed by atoms with Crippen molar-refractivity contribution < 1.29 is 45.4 Å². The van der Waals surface area contributed by atoms with Crippen molar-refractivity contribution in [1.29, 1.82) is 0 Å². The number of carbonyl (C=O) groups excluding carboxylic acids is 2. The molecular weight excluding hydrogens is 582 g/mol. The Balaban J connectivity index is 1.71. The lowest BCUT2D eigenvalue weighted by molar-refractivity contribution is -0.143. The smallest absolute Gasteiger partial charge is 0.416 e. The van der Waals surface area contributed by atoms with Crippen LogP contribution in [0.1, 0.15) is 76.3 Å². The summed E-state index contributed by atoms with van der Waals surface area (Å²) in [5, 5.41) is 7.06. The number of rotatable bonds is 8. The summed E-state index contributed by atoms with van der Waals surface area (Å²) >= 11 is 0. The maximum absolute atomic E-state index is 13.3. The van der Waals surface area contributed by atoms with E-state index >= 15 is 0 Å². The Hall–Kier alpha value is -3.45. The van der Waals surface area contributed by atoms with Gasteiger partial charge in [-0.3, -0.25) is 4.68 Å². The fourth-order valence-corrected chi connectivity index (χ4v) is 5.25. The van der Waals surface area contributed by atoms with E-state index in [4.69, 9.17) is 9.47 Å². The highest BCUT2D eigenvalue weighted by molar-refractivity contribution is 5.70. The summed E-state index contributed by atoms with van der Waals surface area (Å²) in [4.78, 5) is 27.7. The minimum atomic E-state index is -4.97. The van der Waals surface area contributed by atoms with Crippen molar-refractivity contribution in [3.63, 3.8) is 0 Å². The molecule has 0 spiro atoms. The third-order valence-electron chi connectivity index (χ3n) is 7.12. The van der Waals surface area contributed by atoms with E-state index in [1.54, 1.807) is 31.9 Å². The second-order valence-corrected chi connectivity index (χ2v) is 11.6. The van der Waals surface area contributed by atoms with Gasteiger partial charge in [0.25, 0.3) is 0 Å². The summed E-state index contributed by atoms with van der Waals surface area (Å²) in [5.74, 6) is 0. The van der Waals surface area contributed by atoms with Crippen LogP contribution in [0.5, 0.6) is 0 Å². The summed E-state index contributed by atoms with van der Waals surface area (Å²) in [5.41, 5.74) is -2.94. The van der Waals surface area contributed by atoms with Gasteiger partial charge < -0.3 is 19.7 Å². The number of ether oxygens (including phenoxy) is 2. The Morgan fingerprint density at radius 2 is 1.58 bits per heavy atom. The molecule has 240 valence electrons. The fourth-order valence-electron chi connectivity index (χ4n) is 5.25. The zero-order valence-electron chi connectivity index (χ0n) is 24.8. The van der Waals surface area contributed by atoms with Crippen molar-refractivity contribution in [3.8, 4) is 0 Å². The number of amides is 2. The highest BCUT2D eigenvalue weighted by Gasteiger charge is 2.41. The summed E-state index contributed by atoms with van der Waals surface area (Å²) < 4.78 is 91.6. The minimum Gasteiger partial charge on any atom is -0.449 e. The third-order valence-corrected chi connectivity index (χ3v) is 7.12. The molecule has 0 bridgehead atoms. The zero-order chi connectivity index (χ0) is 32.2. The molecule has 0 saturated carbocycles. The molecule has 1 fully saturated rings. The van der Waals surface area contributed by atoms with Crippen LogP contribution in [-0.4, -0.2) is 57.2 Å². The molecule has 8 nitrogen and oxygen atoms in total. The number of hydrogen-bond donors (Lipinski definition) is 1. The maximum Gasteiger partial charge on any atom is 0.416 e. The highest BCUT2D eigenvalue weighted by Crippen LogP contribution is 2.36. The van der Waals surface area contributed by atoms with Gasteiger partial charge in [-0.2, -0.15) is 31.4 Å². The van der Waals surface area contributed by atoms with E-state index in [9.17, 15) is 35.9 Å². The van der Waals surface area contributed by atoms with Crippen LogP contribution in [0, 0.1) is 0 Å². The molecule has 2 amide bonds. The molecule has 1 aliphatic heterocycles. The molecule has 3 rings (SSSR count). The van der Waals surface area contributed by atoms with Crippen LogP contribution < -0.4 is 5.32 Å². The van der Waals surface area contributed by atoms with Gasteiger partial charge in [-0.15, -0.1) is 0 Å². The van der Waals surface area contributed by atoms with Crippen LogP contribution in [0.3, 0.4) is 0 Å². The molecule has 2 heterocycles. The van der Waals surface area contributed by atoms with Gasteiger partial charge in [0.1, 0.15) is 5.60 Å². The summed E-state index contributed by atoms with van der Waals surface area (Å²) in [6.45, 7) is 9.39. The van der Waals surface area contributed by atoms with Gasteiger partial charge >= 0.3 is 24.5 Å². The first kappa shape index (κ1) is 34.0. The van der Waals surface area contributed by atoms with Crippen LogP contribution in [0.2, 0.25) is 0 Å². The number of aromatic nitrogens is 2. The first-order valence-corrected chi connectivity index (χ1v) is 14.1. The van der Waals surface area contributed by atoms with Gasteiger partial charge in [0, 0.05) is 49.4 Å². The molecule has 0 radical (unpaired) electrons. The number of benzene rings is 1. The van der Waals surface area contributed by atoms with Crippen molar-refractivity contribution in [2.75, 3.05) is 6.61 Å². The van der Waals surface area contributed by atoms with Crippen LogP contribution in [-0.2, 0) is 41.2 Å². The molecule has 1 aromatic carbocycles. The molecule has 1 N–H and O–H groups in total. The largest absolute Gasteiger partial charge is 0.449 e. The van der Waals surface area contributed by atoms with Crippen molar-refractivity contribution in [2.24, 2.45) is 0 Å². The van der Waals surface area contributed by atoms with Crippen molar-refractivity contribution in [3.05, 3.63) is 52.8 Å². The molecule has 1 aromatic heterocycles. The quantitative estimate of drug-likeness (QED) is 0.322. The van der Waals surface area contributed by atoms with Gasteiger partial charge in [-0.1, -0.05) is 6.92 Å². The Kier molecular flexibility index (Phi) is 10.7. The third kappa shape index (κ3) is 9.52. The molecule has 1 saturated heterocycles. The number of aryl methyl sites for hydroxylation is 1. The summed E-state index contributed by atoms with van der Waals surface area (Å²) in [6.07, 6.45) is -8.14. The Morgan fingerprint density at radius 3 is 2.12 bits per heavy atom. The molecule has 3 unspecified atom stereocenters.